The summed E-state index contributed by atoms with van der Waals surface area (Å²) in [5, 5.41) is 13.7. The maximum atomic E-state index is 13.2. The van der Waals surface area contributed by atoms with Crippen LogP contribution in [0.5, 0.6) is 11.5 Å². The average molecular weight is 582 g/mol. The number of hydrogen-bond donors (Lipinski definition) is 1. The fourth-order valence-corrected chi connectivity index (χ4v) is 4.04. The number of carbonyl (C=O) groups excluding carboxylic acids is 2. The van der Waals surface area contributed by atoms with Crippen LogP contribution in [0.15, 0.2) is 66.2 Å². The van der Waals surface area contributed by atoms with Gasteiger partial charge in [0.15, 0.2) is 5.11 Å². The molecule has 38 heavy (non-hydrogen) atoms. The van der Waals surface area contributed by atoms with E-state index in [1.807, 2.05) is 0 Å². The maximum absolute atomic E-state index is 13.2. The summed E-state index contributed by atoms with van der Waals surface area (Å²) in [6.07, 6.45) is -3.49. The Hall–Kier alpha value is -4.00. The van der Waals surface area contributed by atoms with Gasteiger partial charge < -0.3 is 4.74 Å². The van der Waals surface area contributed by atoms with E-state index in [-0.39, 0.29) is 32.2 Å². The molecule has 1 N–H and O–H groups in total. The van der Waals surface area contributed by atoms with Crippen molar-refractivity contribution >= 4 is 69.8 Å². The van der Waals surface area contributed by atoms with Gasteiger partial charge in [0.2, 0.25) is 5.75 Å². The topological polar surface area (TPSA) is 102 Å². The summed E-state index contributed by atoms with van der Waals surface area (Å²) in [6.45, 7) is 0. The third-order valence-electron chi connectivity index (χ3n) is 5.18. The molecule has 1 heterocycles. The quantitative estimate of drug-likeness (QED) is 0.121. The Kier molecular flexibility index (Phi) is 7.40. The number of rotatable bonds is 5. The van der Waals surface area contributed by atoms with Gasteiger partial charge in [-0.2, -0.15) is 13.2 Å². The fraction of sp³-hybridized carbons (Fsp3) is 0.0417. The summed E-state index contributed by atoms with van der Waals surface area (Å²) >= 11 is 17.4. The minimum Gasteiger partial charge on any atom is -0.450 e. The molecule has 0 radical (unpaired) electrons. The standard InChI is InChI=1S/C24H12Cl2F3N3O5S/c25-16-2-1-3-17(20(16)26)31-22(34)15(21(33)30-23(31)38)10-12-4-7-14(8-5-12)37-19-9-6-13(24(27,28)29)11-18(19)32(35)36/h1-11H,(H,30,33,38)/b15-10+. The number of alkyl halides is 3. The van der Waals surface area contributed by atoms with Crippen molar-refractivity contribution in [1.29, 1.82) is 0 Å². The predicted molar refractivity (Wildman–Crippen MR) is 137 cm³/mol. The minimum atomic E-state index is -4.77. The number of nitrogens with one attached hydrogen (secondary N) is 1. The Bertz CT molecular complexity index is 1530. The highest BCUT2D eigenvalue weighted by Crippen LogP contribution is 2.38. The van der Waals surface area contributed by atoms with E-state index >= 15 is 0 Å². The number of anilines is 1. The maximum Gasteiger partial charge on any atom is 0.416 e. The summed E-state index contributed by atoms with van der Waals surface area (Å²) < 4.78 is 44.2. The Labute approximate surface area is 227 Å². The molecular formula is C24H12Cl2F3N3O5S. The molecule has 1 aliphatic rings. The van der Waals surface area contributed by atoms with Gasteiger partial charge in [-0.15, -0.1) is 0 Å². The molecule has 1 saturated heterocycles. The lowest BCUT2D eigenvalue weighted by atomic mass is 10.1. The molecule has 1 fully saturated rings. The zero-order valence-corrected chi connectivity index (χ0v) is 20.9. The first kappa shape index (κ1) is 27.0. The van der Waals surface area contributed by atoms with E-state index in [2.05, 4.69) is 5.32 Å². The van der Waals surface area contributed by atoms with Gasteiger partial charge in [-0.1, -0.05) is 41.4 Å². The number of benzene rings is 3. The highest BCUT2D eigenvalue weighted by atomic mass is 35.5. The lowest BCUT2D eigenvalue weighted by Crippen LogP contribution is -2.54. The van der Waals surface area contributed by atoms with Gasteiger partial charge >= 0.3 is 11.9 Å². The fourth-order valence-electron chi connectivity index (χ4n) is 3.39. The molecule has 14 heteroatoms. The molecule has 1 aliphatic heterocycles. The molecule has 0 spiro atoms. The summed E-state index contributed by atoms with van der Waals surface area (Å²) in [5.74, 6) is -1.86. The Morgan fingerprint density at radius 1 is 1.05 bits per heavy atom. The van der Waals surface area contributed by atoms with Crippen LogP contribution in [-0.4, -0.2) is 21.9 Å². The number of nitrogens with zero attached hydrogens (tertiary/aromatic N) is 2. The third-order valence-corrected chi connectivity index (χ3v) is 6.27. The van der Waals surface area contributed by atoms with Crippen molar-refractivity contribution in [1.82, 2.24) is 5.32 Å². The van der Waals surface area contributed by atoms with Gasteiger partial charge in [-0.25, -0.2) is 0 Å². The number of ether oxygens (including phenoxy) is 1. The number of thiocarbonyl (C=S) groups is 1. The zero-order chi connectivity index (χ0) is 27.8. The van der Waals surface area contributed by atoms with Gasteiger partial charge in [0.05, 0.1) is 26.2 Å². The van der Waals surface area contributed by atoms with Crippen molar-refractivity contribution in [3.63, 3.8) is 0 Å². The molecule has 0 aliphatic carbocycles. The van der Waals surface area contributed by atoms with Crippen molar-refractivity contribution in [3.8, 4) is 11.5 Å². The van der Waals surface area contributed by atoms with Crippen molar-refractivity contribution < 1.29 is 32.4 Å². The number of nitro benzene ring substituents is 1. The Morgan fingerprint density at radius 2 is 1.74 bits per heavy atom. The molecule has 4 rings (SSSR count). The molecule has 2 amide bonds. The molecule has 0 saturated carbocycles. The summed E-state index contributed by atoms with van der Waals surface area (Å²) in [6, 6.07) is 12.0. The molecule has 194 valence electrons. The SMILES string of the molecule is O=C1NC(=S)N(c2cccc(Cl)c2Cl)C(=O)/C1=C/c1ccc(Oc2ccc(C(F)(F)F)cc2[N+](=O)[O-])cc1. The largest absolute Gasteiger partial charge is 0.450 e. The van der Waals surface area contributed by atoms with Gasteiger partial charge in [-0.3, -0.25) is 29.9 Å². The van der Waals surface area contributed by atoms with Gasteiger partial charge in [-0.05, 0) is 60.3 Å². The summed E-state index contributed by atoms with van der Waals surface area (Å²) in [5.41, 5.74) is -1.81. The first-order chi connectivity index (χ1) is 17.9. The van der Waals surface area contributed by atoms with E-state index in [4.69, 9.17) is 40.2 Å². The average Bonchev–Trinajstić information content (AvgIpc) is 2.84. The number of hydrogen-bond acceptors (Lipinski definition) is 6. The van der Waals surface area contributed by atoms with E-state index < -0.39 is 39.9 Å². The van der Waals surface area contributed by atoms with Crippen molar-refractivity contribution in [2.45, 2.75) is 6.18 Å². The predicted octanol–water partition coefficient (Wildman–Crippen LogP) is 6.54. The van der Waals surface area contributed by atoms with Crippen LogP contribution in [0, 0.1) is 10.1 Å². The number of halogens is 5. The Balaban J connectivity index is 1.60. The van der Waals surface area contributed by atoms with Gasteiger partial charge in [0.1, 0.15) is 11.3 Å². The van der Waals surface area contributed by atoms with Crippen LogP contribution in [0.1, 0.15) is 11.1 Å². The molecule has 3 aromatic carbocycles. The van der Waals surface area contributed by atoms with Crippen LogP contribution >= 0.6 is 35.4 Å². The molecule has 0 aromatic heterocycles. The lowest BCUT2D eigenvalue weighted by Gasteiger charge is -2.29. The van der Waals surface area contributed by atoms with Gasteiger partial charge in [0.25, 0.3) is 11.8 Å². The number of carbonyl (C=O) groups is 2. The lowest BCUT2D eigenvalue weighted by molar-refractivity contribution is -0.385. The monoisotopic (exact) mass is 581 g/mol. The van der Waals surface area contributed by atoms with Gasteiger partial charge in [0, 0.05) is 6.07 Å². The second-order valence-corrected chi connectivity index (χ2v) is 8.81. The second kappa shape index (κ2) is 10.4. The van der Waals surface area contributed by atoms with Crippen LogP contribution in [0.2, 0.25) is 10.0 Å². The second-order valence-electron chi connectivity index (χ2n) is 7.64. The van der Waals surface area contributed by atoms with Crippen LogP contribution in [0.4, 0.5) is 24.5 Å². The summed E-state index contributed by atoms with van der Waals surface area (Å²) in [4.78, 5) is 37.0. The van der Waals surface area contributed by atoms with Crippen LogP contribution < -0.4 is 15.0 Å². The third kappa shape index (κ3) is 5.47. The number of amides is 2. The zero-order valence-electron chi connectivity index (χ0n) is 18.6. The normalized spacial score (nSPS) is 15.0. The first-order valence-electron chi connectivity index (χ1n) is 10.4. The van der Waals surface area contributed by atoms with Crippen molar-refractivity contribution in [2.75, 3.05) is 4.90 Å². The van der Waals surface area contributed by atoms with Crippen LogP contribution in [-0.2, 0) is 15.8 Å². The molecule has 8 nitrogen and oxygen atoms in total. The van der Waals surface area contributed by atoms with Crippen molar-refractivity contribution in [3.05, 3.63) is 97.5 Å². The van der Waals surface area contributed by atoms with Crippen LogP contribution in [0.3, 0.4) is 0 Å². The molecule has 0 atom stereocenters. The van der Waals surface area contributed by atoms with Crippen LogP contribution in [0.25, 0.3) is 6.08 Å². The summed E-state index contributed by atoms with van der Waals surface area (Å²) in [7, 11) is 0. The van der Waals surface area contributed by atoms with E-state index in [1.165, 1.54) is 42.5 Å². The molecule has 3 aromatic rings. The molecule has 0 bridgehead atoms. The Morgan fingerprint density at radius 3 is 2.37 bits per heavy atom. The molecule has 0 unspecified atom stereocenters. The highest BCUT2D eigenvalue weighted by molar-refractivity contribution is 7.80. The minimum absolute atomic E-state index is 0.0548. The smallest absolute Gasteiger partial charge is 0.416 e. The molecular weight excluding hydrogens is 570 g/mol. The van der Waals surface area contributed by atoms with E-state index in [0.29, 0.717) is 17.7 Å². The van der Waals surface area contributed by atoms with E-state index in [0.717, 1.165) is 11.0 Å². The first-order valence-corrected chi connectivity index (χ1v) is 11.5. The number of nitro groups is 1. The van der Waals surface area contributed by atoms with E-state index in [1.54, 1.807) is 6.07 Å². The highest BCUT2D eigenvalue weighted by Gasteiger charge is 2.36. The van der Waals surface area contributed by atoms with Crippen molar-refractivity contribution in [2.24, 2.45) is 0 Å². The van der Waals surface area contributed by atoms with E-state index in [9.17, 15) is 32.9 Å².